The summed E-state index contributed by atoms with van der Waals surface area (Å²) >= 11 is 13.4. The molecule has 0 aliphatic rings. The summed E-state index contributed by atoms with van der Waals surface area (Å²) < 4.78 is 0. The first-order chi connectivity index (χ1) is 9.99. The summed E-state index contributed by atoms with van der Waals surface area (Å²) in [6.45, 7) is 4.57. The first-order valence-corrected chi connectivity index (χ1v) is 7.92. The summed E-state index contributed by atoms with van der Waals surface area (Å²) in [6, 6.07) is 3.06. The number of halogens is 2. The van der Waals surface area contributed by atoms with E-state index in [0.29, 0.717) is 31.7 Å². The molecule has 0 aromatic carbocycles. The topological polar surface area (TPSA) is 70.7 Å². The van der Waals surface area contributed by atoms with E-state index in [-0.39, 0.29) is 5.56 Å². The van der Waals surface area contributed by atoms with E-state index in [0.717, 1.165) is 13.0 Å². The van der Waals surface area contributed by atoms with Gasteiger partial charge in [-0.1, -0.05) is 30.1 Å². The Hall–Kier alpha value is -1.24. The molecule has 0 saturated heterocycles. The molecule has 2 N–H and O–H groups in total. The third-order valence-electron chi connectivity index (χ3n) is 2.48. The zero-order valence-corrected chi connectivity index (χ0v) is 13.9. The van der Waals surface area contributed by atoms with Crippen LogP contribution >= 0.6 is 35.0 Å². The molecule has 2 aromatic rings. The Labute approximate surface area is 136 Å². The number of hydrogen-bond acceptors (Lipinski definition) is 5. The lowest BCUT2D eigenvalue weighted by molar-refractivity contribution is 0.901. The molecule has 0 radical (unpaired) electrons. The first-order valence-electron chi connectivity index (χ1n) is 6.35. The lowest BCUT2D eigenvalue weighted by Gasteiger charge is -2.10. The summed E-state index contributed by atoms with van der Waals surface area (Å²) in [6.07, 6.45) is 0.954. The molecule has 0 aliphatic heterocycles. The molecule has 2 heterocycles. The fourth-order valence-electron chi connectivity index (χ4n) is 1.58. The van der Waals surface area contributed by atoms with Gasteiger partial charge in [-0.25, -0.2) is 9.97 Å². The molecule has 0 bridgehead atoms. The maximum absolute atomic E-state index is 11.5. The molecule has 5 nitrogen and oxygen atoms in total. The molecule has 112 valence electrons. The van der Waals surface area contributed by atoms with E-state index in [4.69, 9.17) is 23.2 Å². The quantitative estimate of drug-likeness (QED) is 0.808. The second-order valence-electron chi connectivity index (χ2n) is 4.33. The third-order valence-corrected chi connectivity index (χ3v) is 4.06. The standard InChI is InChI=1S/C13H14Cl2N4OS/c1-3-4-16-11-8(14)6-9(15)12(19-11)21-13-17-7(2)5-10(20)18-13/h5-6H,3-4H2,1-2H3,(H,16,19)(H,17,18,20). The van der Waals surface area contributed by atoms with E-state index in [1.54, 1.807) is 13.0 Å². The van der Waals surface area contributed by atoms with Crippen LogP contribution in [0.15, 0.2) is 27.1 Å². The van der Waals surface area contributed by atoms with E-state index in [9.17, 15) is 4.79 Å². The molecule has 0 saturated carbocycles. The van der Waals surface area contributed by atoms with Crippen molar-refractivity contribution in [3.8, 4) is 0 Å². The largest absolute Gasteiger partial charge is 0.369 e. The van der Waals surface area contributed by atoms with Crippen LogP contribution < -0.4 is 10.9 Å². The second kappa shape index (κ2) is 7.15. The van der Waals surface area contributed by atoms with Crippen molar-refractivity contribution in [2.75, 3.05) is 11.9 Å². The first kappa shape index (κ1) is 16.1. The average Bonchev–Trinajstić information content (AvgIpc) is 2.39. The average molecular weight is 345 g/mol. The Morgan fingerprint density at radius 1 is 1.29 bits per heavy atom. The van der Waals surface area contributed by atoms with Crippen molar-refractivity contribution in [2.45, 2.75) is 30.5 Å². The highest BCUT2D eigenvalue weighted by Crippen LogP contribution is 2.34. The monoisotopic (exact) mass is 344 g/mol. The van der Waals surface area contributed by atoms with Crippen molar-refractivity contribution in [3.63, 3.8) is 0 Å². The van der Waals surface area contributed by atoms with Crippen LogP contribution in [-0.4, -0.2) is 21.5 Å². The lowest BCUT2D eigenvalue weighted by Crippen LogP contribution is -2.08. The summed E-state index contributed by atoms with van der Waals surface area (Å²) in [4.78, 5) is 22.7. The molecule has 0 amide bonds. The molecule has 2 rings (SSSR count). The van der Waals surface area contributed by atoms with Gasteiger partial charge in [0.25, 0.3) is 5.56 Å². The van der Waals surface area contributed by atoms with Gasteiger partial charge >= 0.3 is 0 Å². The number of nitrogens with zero attached hydrogens (tertiary/aromatic N) is 2. The molecule has 8 heteroatoms. The Kier molecular flexibility index (Phi) is 5.50. The van der Waals surface area contributed by atoms with Gasteiger partial charge in [-0.2, -0.15) is 0 Å². The minimum Gasteiger partial charge on any atom is -0.369 e. The van der Waals surface area contributed by atoms with Gasteiger partial charge in [-0.15, -0.1) is 0 Å². The predicted molar refractivity (Wildman–Crippen MR) is 86.8 cm³/mol. The van der Waals surface area contributed by atoms with Gasteiger partial charge in [-0.05, 0) is 31.2 Å². The van der Waals surface area contributed by atoms with Gasteiger partial charge < -0.3 is 10.3 Å². The number of aryl methyl sites for hydroxylation is 1. The van der Waals surface area contributed by atoms with Crippen molar-refractivity contribution < 1.29 is 0 Å². The molecular weight excluding hydrogens is 331 g/mol. The Morgan fingerprint density at radius 3 is 2.71 bits per heavy atom. The van der Waals surface area contributed by atoms with Gasteiger partial charge in [0.1, 0.15) is 10.8 Å². The zero-order valence-electron chi connectivity index (χ0n) is 11.5. The maximum atomic E-state index is 11.5. The lowest BCUT2D eigenvalue weighted by atomic mass is 10.4. The molecular formula is C13H14Cl2N4OS. The number of hydrogen-bond donors (Lipinski definition) is 2. The van der Waals surface area contributed by atoms with Crippen LogP contribution in [-0.2, 0) is 0 Å². The highest BCUT2D eigenvalue weighted by molar-refractivity contribution is 7.99. The van der Waals surface area contributed by atoms with Gasteiger partial charge in [0.05, 0.1) is 10.0 Å². The van der Waals surface area contributed by atoms with Crippen LogP contribution in [0.2, 0.25) is 10.0 Å². The van der Waals surface area contributed by atoms with Gasteiger partial charge in [-0.3, -0.25) is 4.79 Å². The molecule has 0 unspecified atom stereocenters. The number of rotatable bonds is 5. The van der Waals surface area contributed by atoms with E-state index in [1.807, 2.05) is 6.92 Å². The Bertz CT molecular complexity index is 705. The number of aromatic amines is 1. The van der Waals surface area contributed by atoms with E-state index < -0.39 is 0 Å². The van der Waals surface area contributed by atoms with Crippen molar-refractivity contribution in [2.24, 2.45) is 0 Å². The third kappa shape index (κ3) is 4.36. The molecule has 0 spiro atoms. The van der Waals surface area contributed by atoms with E-state index in [2.05, 4.69) is 20.3 Å². The van der Waals surface area contributed by atoms with E-state index >= 15 is 0 Å². The number of nitrogens with one attached hydrogen (secondary N) is 2. The fourth-order valence-corrected chi connectivity index (χ4v) is 2.94. The van der Waals surface area contributed by atoms with Crippen LogP contribution in [0.1, 0.15) is 19.0 Å². The fraction of sp³-hybridized carbons (Fsp3) is 0.308. The molecule has 0 fully saturated rings. The van der Waals surface area contributed by atoms with E-state index in [1.165, 1.54) is 17.8 Å². The van der Waals surface area contributed by atoms with Crippen molar-refractivity contribution >= 4 is 40.8 Å². The van der Waals surface area contributed by atoms with Crippen molar-refractivity contribution in [1.29, 1.82) is 0 Å². The van der Waals surface area contributed by atoms with Crippen LogP contribution in [0.5, 0.6) is 0 Å². The zero-order chi connectivity index (χ0) is 15.4. The van der Waals surface area contributed by atoms with Gasteiger partial charge in [0.15, 0.2) is 5.16 Å². The molecule has 21 heavy (non-hydrogen) atoms. The summed E-state index contributed by atoms with van der Waals surface area (Å²) in [5.74, 6) is 0.570. The number of pyridine rings is 1. The Balaban J connectivity index is 2.32. The summed E-state index contributed by atoms with van der Waals surface area (Å²) in [5.41, 5.74) is 0.426. The number of anilines is 1. The SMILES string of the molecule is CCCNc1nc(Sc2nc(C)cc(=O)[nH]2)c(Cl)cc1Cl. The highest BCUT2D eigenvalue weighted by Gasteiger charge is 2.12. The second-order valence-corrected chi connectivity index (χ2v) is 6.12. The van der Waals surface area contributed by atoms with Gasteiger partial charge in [0, 0.05) is 18.3 Å². The Morgan fingerprint density at radius 2 is 2.05 bits per heavy atom. The smallest absolute Gasteiger partial charge is 0.251 e. The maximum Gasteiger partial charge on any atom is 0.251 e. The predicted octanol–water partition coefficient (Wildman–Crippen LogP) is 3.75. The minimum atomic E-state index is -0.209. The summed E-state index contributed by atoms with van der Waals surface area (Å²) in [5, 5.41) is 4.98. The highest BCUT2D eigenvalue weighted by atomic mass is 35.5. The minimum absolute atomic E-state index is 0.209. The number of aromatic nitrogens is 3. The number of H-pyrrole nitrogens is 1. The summed E-state index contributed by atoms with van der Waals surface area (Å²) in [7, 11) is 0. The van der Waals surface area contributed by atoms with Crippen LogP contribution in [0, 0.1) is 6.92 Å². The molecule has 2 aromatic heterocycles. The van der Waals surface area contributed by atoms with Crippen LogP contribution in [0.25, 0.3) is 0 Å². The van der Waals surface area contributed by atoms with Crippen LogP contribution in [0.4, 0.5) is 5.82 Å². The van der Waals surface area contributed by atoms with Crippen molar-refractivity contribution in [3.05, 3.63) is 38.2 Å². The normalized spacial score (nSPS) is 10.7. The van der Waals surface area contributed by atoms with Crippen molar-refractivity contribution in [1.82, 2.24) is 15.0 Å². The molecule has 0 aliphatic carbocycles. The van der Waals surface area contributed by atoms with Crippen LogP contribution in [0.3, 0.4) is 0 Å². The molecule has 0 atom stereocenters. The van der Waals surface area contributed by atoms with Gasteiger partial charge in [0.2, 0.25) is 0 Å².